The molecule has 0 N–H and O–H groups in total. The zero-order valence-corrected chi connectivity index (χ0v) is 11.6. The second-order valence-electron chi connectivity index (χ2n) is 4.70. The van der Waals surface area contributed by atoms with Crippen LogP contribution in [-0.4, -0.2) is 37.9 Å². The van der Waals surface area contributed by atoms with Crippen molar-refractivity contribution in [3.63, 3.8) is 0 Å². The Morgan fingerprint density at radius 1 is 1.42 bits per heavy atom. The second-order valence-corrected chi connectivity index (χ2v) is 6.63. The highest BCUT2D eigenvalue weighted by Gasteiger charge is 2.30. The molecule has 0 bridgehead atoms. The van der Waals surface area contributed by atoms with E-state index in [0.717, 1.165) is 12.0 Å². The van der Waals surface area contributed by atoms with E-state index in [-0.39, 0.29) is 12.6 Å². The molecule has 1 heterocycles. The molecule has 1 saturated heterocycles. The largest absolute Gasteiger partial charge is 0.243 e. The van der Waals surface area contributed by atoms with E-state index >= 15 is 0 Å². The Labute approximate surface area is 113 Å². The average Bonchev–Trinajstić information content (AvgIpc) is 2.39. The van der Waals surface area contributed by atoms with E-state index in [4.69, 9.17) is 0 Å². The van der Waals surface area contributed by atoms with E-state index in [1.165, 1.54) is 10.4 Å². The summed E-state index contributed by atoms with van der Waals surface area (Å²) in [7, 11) is -3.49. The highest BCUT2D eigenvalue weighted by atomic mass is 32.2. The molecule has 0 spiro atoms. The van der Waals surface area contributed by atoms with Gasteiger partial charge in [0.25, 0.3) is 0 Å². The highest BCUT2D eigenvalue weighted by molar-refractivity contribution is 7.89. The Morgan fingerprint density at radius 3 is 2.89 bits per heavy atom. The minimum Gasteiger partial charge on any atom is -0.211 e. The number of rotatable bonds is 3. The van der Waals surface area contributed by atoms with Crippen LogP contribution in [0.5, 0.6) is 0 Å². The first-order valence-electron chi connectivity index (χ1n) is 6.18. The van der Waals surface area contributed by atoms with Crippen molar-refractivity contribution in [3.05, 3.63) is 29.8 Å². The quantitative estimate of drug-likeness (QED) is 0.622. The Hall–Kier alpha value is -1.49. The molecular formula is C13H16N2O3S. The van der Waals surface area contributed by atoms with E-state index in [2.05, 4.69) is 4.99 Å². The summed E-state index contributed by atoms with van der Waals surface area (Å²) in [6.07, 6.45) is 2.95. The maximum Gasteiger partial charge on any atom is 0.243 e. The molecule has 1 aromatic carbocycles. The molecule has 0 aliphatic carbocycles. The summed E-state index contributed by atoms with van der Waals surface area (Å²) in [5.41, 5.74) is 0.903. The maximum absolute atomic E-state index is 12.5. The number of benzene rings is 1. The molecule has 1 fully saturated rings. The van der Waals surface area contributed by atoms with Crippen LogP contribution < -0.4 is 0 Å². The van der Waals surface area contributed by atoms with Gasteiger partial charge in [0.05, 0.1) is 10.9 Å². The van der Waals surface area contributed by atoms with E-state index in [9.17, 15) is 13.2 Å². The number of aryl methyl sites for hydroxylation is 1. The van der Waals surface area contributed by atoms with Gasteiger partial charge in [-0.3, -0.25) is 0 Å². The lowest BCUT2D eigenvalue weighted by Gasteiger charge is -2.29. The first kappa shape index (κ1) is 13.9. The van der Waals surface area contributed by atoms with Gasteiger partial charge in [-0.1, -0.05) is 12.1 Å². The number of nitrogens with zero attached hydrogens (tertiary/aromatic N) is 2. The van der Waals surface area contributed by atoms with Gasteiger partial charge in [0.1, 0.15) is 0 Å². The first-order valence-corrected chi connectivity index (χ1v) is 7.62. The van der Waals surface area contributed by atoms with Crippen LogP contribution in [0.4, 0.5) is 0 Å². The third kappa shape index (κ3) is 3.10. The van der Waals surface area contributed by atoms with Crippen molar-refractivity contribution >= 4 is 16.1 Å². The van der Waals surface area contributed by atoms with Gasteiger partial charge in [-0.05, 0) is 37.5 Å². The van der Waals surface area contributed by atoms with Crippen LogP contribution >= 0.6 is 0 Å². The zero-order valence-electron chi connectivity index (χ0n) is 10.7. The third-order valence-electron chi connectivity index (χ3n) is 3.22. The summed E-state index contributed by atoms with van der Waals surface area (Å²) in [5.74, 6) is 0. The van der Waals surface area contributed by atoms with Crippen LogP contribution in [0.15, 0.2) is 34.2 Å². The monoisotopic (exact) mass is 280 g/mol. The zero-order chi connectivity index (χ0) is 13.9. The lowest BCUT2D eigenvalue weighted by atomic mass is 10.1. The van der Waals surface area contributed by atoms with Crippen molar-refractivity contribution in [1.82, 2.24) is 4.31 Å². The molecule has 0 amide bonds. The number of aliphatic imine (C=N–C) groups is 1. The molecule has 19 heavy (non-hydrogen) atoms. The van der Waals surface area contributed by atoms with E-state index < -0.39 is 10.0 Å². The van der Waals surface area contributed by atoms with E-state index in [0.29, 0.717) is 17.9 Å². The fourth-order valence-electron chi connectivity index (χ4n) is 2.24. The maximum atomic E-state index is 12.5. The average molecular weight is 280 g/mol. The van der Waals surface area contributed by atoms with Crippen molar-refractivity contribution in [2.75, 3.05) is 13.1 Å². The molecule has 1 aromatic rings. The molecule has 0 radical (unpaired) electrons. The predicted octanol–water partition coefficient (Wildman–Crippen LogP) is 1.48. The van der Waals surface area contributed by atoms with Crippen LogP contribution in [0.25, 0.3) is 0 Å². The Bertz CT molecular complexity index is 606. The Kier molecular flexibility index (Phi) is 4.14. The number of hydrogen-bond donors (Lipinski definition) is 0. The van der Waals surface area contributed by atoms with Crippen LogP contribution in [0.3, 0.4) is 0 Å². The van der Waals surface area contributed by atoms with Crippen molar-refractivity contribution in [2.24, 2.45) is 4.99 Å². The number of piperidine rings is 1. The van der Waals surface area contributed by atoms with Crippen molar-refractivity contribution in [1.29, 1.82) is 0 Å². The van der Waals surface area contributed by atoms with Gasteiger partial charge in [0.15, 0.2) is 0 Å². The SMILES string of the molecule is Cc1cccc(S(=O)(=O)N2CCCC(N=C=O)C2)c1. The van der Waals surface area contributed by atoms with E-state index in [1.54, 1.807) is 18.2 Å². The summed E-state index contributed by atoms with van der Waals surface area (Å²) in [4.78, 5) is 14.2. The van der Waals surface area contributed by atoms with Crippen LogP contribution in [-0.2, 0) is 14.8 Å². The van der Waals surface area contributed by atoms with Crippen LogP contribution in [0, 0.1) is 6.92 Å². The van der Waals surface area contributed by atoms with Gasteiger partial charge in [-0.15, -0.1) is 0 Å². The van der Waals surface area contributed by atoms with Gasteiger partial charge in [-0.25, -0.2) is 18.2 Å². The standard InChI is InChI=1S/C13H16N2O3S/c1-11-4-2-6-13(8-11)19(17,18)15-7-3-5-12(9-15)14-10-16/h2,4,6,8,12H,3,5,7,9H2,1H3. The Balaban J connectivity index is 2.27. The van der Waals surface area contributed by atoms with E-state index in [1.807, 2.05) is 13.0 Å². The summed E-state index contributed by atoms with van der Waals surface area (Å²) >= 11 is 0. The fraction of sp³-hybridized carbons (Fsp3) is 0.462. The molecule has 0 aromatic heterocycles. The Morgan fingerprint density at radius 2 is 2.21 bits per heavy atom. The molecule has 1 aliphatic heterocycles. The number of carbonyl (C=O) groups excluding carboxylic acids is 1. The van der Waals surface area contributed by atoms with Crippen LogP contribution in [0.2, 0.25) is 0 Å². The molecule has 2 rings (SSSR count). The first-order chi connectivity index (χ1) is 9.04. The molecule has 5 nitrogen and oxygen atoms in total. The minimum absolute atomic E-state index is 0.255. The summed E-state index contributed by atoms with van der Waals surface area (Å²) in [6, 6.07) is 6.56. The van der Waals surface area contributed by atoms with Crippen molar-refractivity contribution in [3.8, 4) is 0 Å². The molecule has 102 valence electrons. The lowest BCUT2D eigenvalue weighted by Crippen LogP contribution is -2.41. The van der Waals surface area contributed by atoms with Gasteiger partial charge in [0, 0.05) is 13.1 Å². The second kappa shape index (κ2) is 5.65. The molecular weight excluding hydrogens is 264 g/mol. The summed E-state index contributed by atoms with van der Waals surface area (Å²) < 4.78 is 26.3. The normalized spacial score (nSPS) is 20.8. The van der Waals surface area contributed by atoms with Gasteiger partial charge in [-0.2, -0.15) is 4.31 Å². The van der Waals surface area contributed by atoms with Gasteiger partial charge in [0.2, 0.25) is 16.1 Å². The molecule has 0 saturated carbocycles. The molecule has 1 unspecified atom stereocenters. The van der Waals surface area contributed by atoms with Crippen molar-refractivity contribution in [2.45, 2.75) is 30.7 Å². The molecule has 6 heteroatoms. The summed E-state index contributed by atoms with van der Waals surface area (Å²) in [5, 5.41) is 0. The van der Waals surface area contributed by atoms with Crippen LogP contribution in [0.1, 0.15) is 18.4 Å². The number of hydrogen-bond acceptors (Lipinski definition) is 4. The van der Waals surface area contributed by atoms with Gasteiger partial charge < -0.3 is 0 Å². The highest BCUT2D eigenvalue weighted by Crippen LogP contribution is 2.22. The number of sulfonamides is 1. The molecule has 1 atom stereocenters. The van der Waals surface area contributed by atoms with Gasteiger partial charge >= 0.3 is 0 Å². The lowest BCUT2D eigenvalue weighted by molar-refractivity contribution is 0.316. The van der Waals surface area contributed by atoms with Crippen molar-refractivity contribution < 1.29 is 13.2 Å². The summed E-state index contributed by atoms with van der Waals surface area (Å²) in [6.45, 7) is 2.58. The molecule has 1 aliphatic rings. The predicted molar refractivity (Wildman–Crippen MR) is 71.1 cm³/mol. The minimum atomic E-state index is -3.49. The number of isocyanates is 1. The topological polar surface area (TPSA) is 66.8 Å². The third-order valence-corrected chi connectivity index (χ3v) is 5.08. The smallest absolute Gasteiger partial charge is 0.211 e. The fourth-order valence-corrected chi connectivity index (χ4v) is 3.87.